The molecule has 3 nitrogen and oxygen atoms in total. The molecule has 1 atom stereocenters. The lowest BCUT2D eigenvalue weighted by Gasteiger charge is -2.31. The Bertz CT molecular complexity index is 490. The molecule has 0 bridgehead atoms. The molecule has 98 valence electrons. The highest BCUT2D eigenvalue weighted by molar-refractivity contribution is 6.34. The van der Waals surface area contributed by atoms with E-state index >= 15 is 0 Å². The summed E-state index contributed by atoms with van der Waals surface area (Å²) in [5, 5.41) is 3.95. The number of amides is 1. The average Bonchev–Trinajstić information content (AvgIpc) is 2.66. The second-order valence-corrected chi connectivity index (χ2v) is 4.97. The summed E-state index contributed by atoms with van der Waals surface area (Å²) < 4.78 is 0. The second kappa shape index (κ2) is 5.08. The number of nitrogens with one attached hydrogen (secondary N) is 1. The number of benzene rings is 1. The van der Waals surface area contributed by atoms with Crippen LogP contribution in [0.2, 0.25) is 5.02 Å². The van der Waals surface area contributed by atoms with E-state index in [0.29, 0.717) is 5.02 Å². The largest absolute Gasteiger partial charge is 0.329 e. The lowest BCUT2D eigenvalue weighted by Crippen LogP contribution is -2.44. The van der Waals surface area contributed by atoms with E-state index in [1.807, 2.05) is 17.0 Å². The number of halogens is 2. The maximum absolute atomic E-state index is 12.3. The van der Waals surface area contributed by atoms with Crippen LogP contribution in [0.4, 0.5) is 0 Å². The molecule has 0 saturated carbocycles. The SMILES string of the molecule is CCc1ccc(Cl)c2c1[C@@H]1CNCCN1C2=O.Cl. The number of aryl methyl sites for hydroxylation is 1. The summed E-state index contributed by atoms with van der Waals surface area (Å²) in [6.45, 7) is 4.60. The van der Waals surface area contributed by atoms with Crippen molar-refractivity contribution in [1.29, 1.82) is 0 Å². The molecule has 2 aliphatic rings. The molecule has 0 aromatic heterocycles. The Morgan fingerprint density at radius 3 is 3.00 bits per heavy atom. The Hall–Kier alpha value is -0.770. The predicted molar refractivity (Wildman–Crippen MR) is 74.7 cm³/mol. The summed E-state index contributed by atoms with van der Waals surface area (Å²) in [5.74, 6) is 0.104. The van der Waals surface area contributed by atoms with Crippen molar-refractivity contribution in [2.75, 3.05) is 19.6 Å². The van der Waals surface area contributed by atoms with E-state index in [0.717, 1.165) is 37.2 Å². The van der Waals surface area contributed by atoms with Crippen LogP contribution in [0.15, 0.2) is 12.1 Å². The molecule has 1 aromatic rings. The van der Waals surface area contributed by atoms with Gasteiger partial charge >= 0.3 is 0 Å². The zero-order valence-corrected chi connectivity index (χ0v) is 11.8. The smallest absolute Gasteiger partial charge is 0.256 e. The van der Waals surface area contributed by atoms with Crippen LogP contribution in [0, 0.1) is 0 Å². The molecule has 5 heteroatoms. The molecule has 1 saturated heterocycles. The van der Waals surface area contributed by atoms with Crippen LogP contribution in [0.3, 0.4) is 0 Å². The molecule has 1 amide bonds. The zero-order chi connectivity index (χ0) is 12.0. The van der Waals surface area contributed by atoms with Gasteiger partial charge in [-0.1, -0.05) is 24.6 Å². The van der Waals surface area contributed by atoms with Crippen LogP contribution >= 0.6 is 24.0 Å². The van der Waals surface area contributed by atoms with Gasteiger partial charge in [-0.25, -0.2) is 0 Å². The van der Waals surface area contributed by atoms with Crippen molar-refractivity contribution in [3.05, 3.63) is 33.8 Å². The maximum Gasteiger partial charge on any atom is 0.256 e. The molecule has 0 unspecified atom stereocenters. The van der Waals surface area contributed by atoms with E-state index in [1.54, 1.807) is 0 Å². The number of carbonyl (C=O) groups excluding carboxylic acids is 1. The van der Waals surface area contributed by atoms with E-state index in [2.05, 4.69) is 12.2 Å². The van der Waals surface area contributed by atoms with Gasteiger partial charge in [-0.15, -0.1) is 12.4 Å². The Kier molecular flexibility index (Phi) is 3.85. The van der Waals surface area contributed by atoms with Gasteiger partial charge in [0.15, 0.2) is 0 Å². The topological polar surface area (TPSA) is 32.3 Å². The van der Waals surface area contributed by atoms with Crippen molar-refractivity contribution in [2.24, 2.45) is 0 Å². The van der Waals surface area contributed by atoms with Crippen LogP contribution in [-0.4, -0.2) is 30.4 Å². The highest BCUT2D eigenvalue weighted by Gasteiger charge is 2.40. The molecule has 1 N–H and O–H groups in total. The quantitative estimate of drug-likeness (QED) is 0.860. The third-order valence-electron chi connectivity index (χ3n) is 3.72. The van der Waals surface area contributed by atoms with E-state index in [4.69, 9.17) is 11.6 Å². The Labute approximate surface area is 118 Å². The molecule has 1 fully saturated rings. The van der Waals surface area contributed by atoms with Gasteiger partial charge in [0.05, 0.1) is 16.6 Å². The van der Waals surface area contributed by atoms with E-state index in [-0.39, 0.29) is 24.4 Å². The summed E-state index contributed by atoms with van der Waals surface area (Å²) in [7, 11) is 0. The fraction of sp³-hybridized carbons (Fsp3) is 0.462. The van der Waals surface area contributed by atoms with Gasteiger partial charge in [0.1, 0.15) is 0 Å². The minimum Gasteiger partial charge on any atom is -0.329 e. The van der Waals surface area contributed by atoms with Gasteiger partial charge < -0.3 is 10.2 Å². The first-order valence-electron chi connectivity index (χ1n) is 6.07. The number of hydrogen-bond acceptors (Lipinski definition) is 2. The zero-order valence-electron chi connectivity index (χ0n) is 10.2. The number of nitrogens with zero attached hydrogens (tertiary/aromatic N) is 1. The Balaban J connectivity index is 0.00000120. The van der Waals surface area contributed by atoms with Crippen molar-refractivity contribution in [1.82, 2.24) is 10.2 Å². The predicted octanol–water partition coefficient (Wildman–Crippen LogP) is 2.42. The van der Waals surface area contributed by atoms with E-state index in [9.17, 15) is 4.79 Å². The highest BCUT2D eigenvalue weighted by Crippen LogP contribution is 2.40. The molecule has 0 spiro atoms. The third-order valence-corrected chi connectivity index (χ3v) is 4.03. The van der Waals surface area contributed by atoms with Crippen LogP contribution < -0.4 is 5.32 Å². The molecule has 2 aliphatic heterocycles. The van der Waals surface area contributed by atoms with Crippen molar-refractivity contribution in [3.63, 3.8) is 0 Å². The minimum atomic E-state index is 0. The Morgan fingerprint density at radius 1 is 1.50 bits per heavy atom. The Morgan fingerprint density at radius 2 is 2.28 bits per heavy atom. The summed E-state index contributed by atoms with van der Waals surface area (Å²) in [6.07, 6.45) is 0.942. The van der Waals surface area contributed by atoms with Crippen LogP contribution in [0.1, 0.15) is 34.5 Å². The van der Waals surface area contributed by atoms with Crippen molar-refractivity contribution in [3.8, 4) is 0 Å². The summed E-state index contributed by atoms with van der Waals surface area (Å²) in [6, 6.07) is 4.08. The summed E-state index contributed by atoms with van der Waals surface area (Å²) >= 11 is 6.19. The van der Waals surface area contributed by atoms with Crippen LogP contribution in [0.5, 0.6) is 0 Å². The first kappa shape index (κ1) is 13.7. The normalized spacial score (nSPS) is 21.3. The van der Waals surface area contributed by atoms with Gasteiger partial charge in [-0.3, -0.25) is 4.79 Å². The second-order valence-electron chi connectivity index (χ2n) is 4.57. The molecule has 18 heavy (non-hydrogen) atoms. The number of carbonyl (C=O) groups is 1. The highest BCUT2D eigenvalue weighted by atomic mass is 35.5. The maximum atomic E-state index is 12.3. The van der Waals surface area contributed by atoms with Crippen LogP contribution in [0.25, 0.3) is 0 Å². The van der Waals surface area contributed by atoms with Gasteiger partial charge in [-0.2, -0.15) is 0 Å². The molecule has 3 rings (SSSR count). The van der Waals surface area contributed by atoms with E-state index < -0.39 is 0 Å². The van der Waals surface area contributed by atoms with Crippen LogP contribution in [-0.2, 0) is 6.42 Å². The number of piperazine rings is 1. The number of hydrogen-bond donors (Lipinski definition) is 1. The minimum absolute atomic E-state index is 0. The first-order chi connectivity index (χ1) is 8.24. The van der Waals surface area contributed by atoms with Gasteiger partial charge in [0.2, 0.25) is 0 Å². The lowest BCUT2D eigenvalue weighted by molar-refractivity contribution is 0.0690. The standard InChI is InChI=1S/C13H15ClN2O.ClH/c1-2-8-3-4-9(14)12-11(8)10-7-15-5-6-16(10)13(12)17;/h3-4,10,15H,2,5-7H2,1H3;1H/t10-;/m0./s1. The number of rotatable bonds is 1. The summed E-state index contributed by atoms with van der Waals surface area (Å²) in [4.78, 5) is 14.3. The molecule has 1 aromatic carbocycles. The average molecular weight is 287 g/mol. The fourth-order valence-corrected chi connectivity index (χ4v) is 3.14. The molecular formula is C13H16Cl2N2O. The molecular weight excluding hydrogens is 271 g/mol. The summed E-state index contributed by atoms with van der Waals surface area (Å²) in [5.41, 5.74) is 3.13. The molecule has 2 heterocycles. The van der Waals surface area contributed by atoms with Crippen molar-refractivity contribution < 1.29 is 4.79 Å². The fourth-order valence-electron chi connectivity index (χ4n) is 2.89. The molecule has 0 aliphatic carbocycles. The first-order valence-corrected chi connectivity index (χ1v) is 6.44. The van der Waals surface area contributed by atoms with Gasteiger partial charge in [0.25, 0.3) is 5.91 Å². The lowest BCUT2D eigenvalue weighted by atomic mass is 9.96. The molecule has 0 radical (unpaired) electrons. The van der Waals surface area contributed by atoms with Crippen molar-refractivity contribution >= 4 is 29.9 Å². The van der Waals surface area contributed by atoms with Gasteiger partial charge in [-0.05, 0) is 23.6 Å². The third kappa shape index (κ3) is 1.81. The monoisotopic (exact) mass is 286 g/mol. The van der Waals surface area contributed by atoms with Gasteiger partial charge in [0, 0.05) is 19.6 Å². The van der Waals surface area contributed by atoms with E-state index in [1.165, 1.54) is 5.56 Å². The number of fused-ring (bicyclic) bond motifs is 3. The van der Waals surface area contributed by atoms with Crippen molar-refractivity contribution in [2.45, 2.75) is 19.4 Å².